The van der Waals surface area contributed by atoms with Gasteiger partial charge in [-0.2, -0.15) is 0 Å². The summed E-state index contributed by atoms with van der Waals surface area (Å²) in [6, 6.07) is 10.8. The molecule has 1 heterocycles. The van der Waals surface area contributed by atoms with Crippen LogP contribution in [0.1, 0.15) is 37.7 Å². The van der Waals surface area contributed by atoms with Crippen LogP contribution in [0.3, 0.4) is 0 Å². The van der Waals surface area contributed by atoms with E-state index in [0.717, 1.165) is 17.6 Å². The lowest BCUT2D eigenvalue weighted by atomic mass is 9.73. The van der Waals surface area contributed by atoms with Crippen molar-refractivity contribution in [3.63, 3.8) is 0 Å². The third-order valence-electron chi connectivity index (χ3n) is 5.28. The number of likely N-dealkylation sites (N-methyl/N-ethyl adjacent to an activating group) is 1. The van der Waals surface area contributed by atoms with Gasteiger partial charge in [0, 0.05) is 0 Å². The molecule has 1 saturated carbocycles. The number of rotatable bonds is 4. The first-order valence-electron chi connectivity index (χ1n) is 9.11. The van der Waals surface area contributed by atoms with Gasteiger partial charge in [0.25, 0.3) is 0 Å². The average molecular weight is 318 g/mol. The SMILES string of the molecule is C[N+](C)(C)CC1COCC(c2ccccc2)(C2CCCCC2)O1. The predicted molar refractivity (Wildman–Crippen MR) is 93.3 cm³/mol. The van der Waals surface area contributed by atoms with Crippen molar-refractivity contribution in [1.29, 1.82) is 0 Å². The summed E-state index contributed by atoms with van der Waals surface area (Å²) in [5.74, 6) is 0.578. The summed E-state index contributed by atoms with van der Waals surface area (Å²) >= 11 is 0. The predicted octanol–water partition coefficient (Wildman–Crippen LogP) is 3.58. The van der Waals surface area contributed by atoms with Crippen LogP contribution in [0.4, 0.5) is 0 Å². The zero-order valence-electron chi connectivity index (χ0n) is 15.0. The van der Waals surface area contributed by atoms with Crippen LogP contribution in [0.25, 0.3) is 0 Å². The molecule has 1 aliphatic carbocycles. The van der Waals surface area contributed by atoms with Crippen LogP contribution >= 0.6 is 0 Å². The molecule has 3 nitrogen and oxygen atoms in total. The molecule has 1 aromatic carbocycles. The fourth-order valence-corrected chi connectivity index (χ4v) is 4.30. The molecule has 0 aromatic heterocycles. The topological polar surface area (TPSA) is 18.5 Å². The third kappa shape index (κ3) is 3.96. The molecule has 0 spiro atoms. The van der Waals surface area contributed by atoms with Crippen LogP contribution in [-0.2, 0) is 15.1 Å². The van der Waals surface area contributed by atoms with Gasteiger partial charge in [-0.15, -0.1) is 0 Å². The maximum absolute atomic E-state index is 6.84. The van der Waals surface area contributed by atoms with E-state index in [1.54, 1.807) is 0 Å². The second kappa shape index (κ2) is 6.92. The first-order chi connectivity index (χ1) is 11.0. The summed E-state index contributed by atoms with van der Waals surface area (Å²) in [5, 5.41) is 0. The van der Waals surface area contributed by atoms with Gasteiger partial charge in [0.1, 0.15) is 18.2 Å². The molecule has 2 aliphatic rings. The summed E-state index contributed by atoms with van der Waals surface area (Å²) in [7, 11) is 6.67. The van der Waals surface area contributed by atoms with E-state index in [9.17, 15) is 0 Å². The Morgan fingerprint density at radius 1 is 1.04 bits per heavy atom. The van der Waals surface area contributed by atoms with E-state index < -0.39 is 0 Å². The summed E-state index contributed by atoms with van der Waals surface area (Å²) in [6.07, 6.45) is 6.70. The van der Waals surface area contributed by atoms with Crippen molar-refractivity contribution in [2.24, 2.45) is 5.92 Å². The van der Waals surface area contributed by atoms with Gasteiger partial charge in [0.2, 0.25) is 0 Å². The van der Waals surface area contributed by atoms with Gasteiger partial charge in [-0.05, 0) is 24.3 Å². The van der Waals surface area contributed by atoms with Crippen molar-refractivity contribution >= 4 is 0 Å². The van der Waals surface area contributed by atoms with Crippen molar-refractivity contribution in [2.75, 3.05) is 40.9 Å². The Morgan fingerprint density at radius 2 is 1.74 bits per heavy atom. The molecular formula is C20H32NO2+. The van der Waals surface area contributed by atoms with Crippen LogP contribution < -0.4 is 0 Å². The summed E-state index contributed by atoms with van der Waals surface area (Å²) in [5.41, 5.74) is 1.05. The normalized spacial score (nSPS) is 30.3. The molecule has 2 unspecified atom stereocenters. The van der Waals surface area contributed by atoms with Crippen molar-refractivity contribution in [3.05, 3.63) is 35.9 Å². The van der Waals surface area contributed by atoms with Crippen LogP contribution in [-0.4, -0.2) is 51.5 Å². The number of quaternary nitrogens is 1. The Bertz CT molecular complexity index is 490. The fourth-order valence-electron chi connectivity index (χ4n) is 4.30. The maximum atomic E-state index is 6.84. The zero-order chi connectivity index (χ0) is 16.3. The first-order valence-corrected chi connectivity index (χ1v) is 9.11. The molecule has 1 aromatic rings. The molecule has 1 saturated heterocycles. The van der Waals surface area contributed by atoms with Gasteiger partial charge in [-0.1, -0.05) is 49.6 Å². The second-order valence-electron chi connectivity index (χ2n) is 8.32. The van der Waals surface area contributed by atoms with Crippen molar-refractivity contribution in [2.45, 2.75) is 43.8 Å². The minimum Gasteiger partial charge on any atom is -0.375 e. The Labute approximate surface area is 141 Å². The highest BCUT2D eigenvalue weighted by molar-refractivity contribution is 5.25. The van der Waals surface area contributed by atoms with Crippen molar-refractivity contribution < 1.29 is 14.0 Å². The Morgan fingerprint density at radius 3 is 2.39 bits per heavy atom. The van der Waals surface area contributed by atoms with E-state index in [-0.39, 0.29) is 11.7 Å². The number of nitrogens with zero attached hydrogens (tertiary/aromatic N) is 1. The highest BCUT2D eigenvalue weighted by Crippen LogP contribution is 2.44. The molecule has 0 amide bonds. The minimum atomic E-state index is -0.250. The maximum Gasteiger partial charge on any atom is 0.131 e. The fraction of sp³-hybridized carbons (Fsp3) is 0.700. The van der Waals surface area contributed by atoms with Crippen molar-refractivity contribution in [3.8, 4) is 0 Å². The van der Waals surface area contributed by atoms with Crippen LogP contribution in [0.2, 0.25) is 0 Å². The van der Waals surface area contributed by atoms with E-state index in [0.29, 0.717) is 12.5 Å². The van der Waals surface area contributed by atoms with Crippen LogP contribution in [0.15, 0.2) is 30.3 Å². The van der Waals surface area contributed by atoms with Gasteiger partial charge in [-0.3, -0.25) is 0 Å². The first kappa shape index (κ1) is 16.9. The molecule has 2 atom stereocenters. The molecular weight excluding hydrogens is 286 g/mol. The molecule has 23 heavy (non-hydrogen) atoms. The van der Waals surface area contributed by atoms with Gasteiger partial charge in [-0.25, -0.2) is 0 Å². The van der Waals surface area contributed by atoms with Crippen molar-refractivity contribution in [1.82, 2.24) is 0 Å². The second-order valence-corrected chi connectivity index (χ2v) is 8.32. The molecule has 3 rings (SSSR count). The number of hydrogen-bond acceptors (Lipinski definition) is 2. The van der Waals surface area contributed by atoms with E-state index in [1.165, 1.54) is 37.7 Å². The van der Waals surface area contributed by atoms with Crippen LogP contribution in [0.5, 0.6) is 0 Å². The summed E-state index contributed by atoms with van der Waals surface area (Å²) < 4.78 is 13.9. The molecule has 1 aliphatic heterocycles. The number of benzene rings is 1. The zero-order valence-corrected chi connectivity index (χ0v) is 15.0. The molecule has 0 N–H and O–H groups in total. The molecule has 128 valence electrons. The largest absolute Gasteiger partial charge is 0.375 e. The summed E-state index contributed by atoms with van der Waals surface area (Å²) in [6.45, 7) is 2.41. The smallest absolute Gasteiger partial charge is 0.131 e. The van der Waals surface area contributed by atoms with Gasteiger partial charge < -0.3 is 14.0 Å². The molecule has 2 fully saturated rings. The summed E-state index contributed by atoms with van der Waals surface area (Å²) in [4.78, 5) is 0. The Kier molecular flexibility index (Phi) is 5.10. The highest BCUT2D eigenvalue weighted by Gasteiger charge is 2.47. The Hall–Kier alpha value is -0.900. The minimum absolute atomic E-state index is 0.172. The lowest BCUT2D eigenvalue weighted by Gasteiger charge is -2.48. The van der Waals surface area contributed by atoms with E-state index in [2.05, 4.69) is 51.5 Å². The van der Waals surface area contributed by atoms with E-state index in [1.807, 2.05) is 0 Å². The number of hydrogen-bond donors (Lipinski definition) is 0. The molecule has 0 bridgehead atoms. The molecule has 0 radical (unpaired) electrons. The van der Waals surface area contributed by atoms with Gasteiger partial charge in [0.15, 0.2) is 0 Å². The third-order valence-corrected chi connectivity index (χ3v) is 5.28. The van der Waals surface area contributed by atoms with E-state index in [4.69, 9.17) is 9.47 Å². The molecule has 3 heteroatoms. The number of ether oxygens (including phenoxy) is 2. The Balaban J connectivity index is 1.88. The standard InChI is InChI=1S/C20H32NO2/c1-21(2,3)14-19-15-22-16-20(23-19,17-10-6-4-7-11-17)18-12-8-5-9-13-18/h4,6-7,10-11,18-19H,5,8-9,12-16H2,1-3H3/q+1. The lowest BCUT2D eigenvalue weighted by Crippen LogP contribution is -2.55. The quantitative estimate of drug-likeness (QED) is 0.790. The average Bonchev–Trinajstić information content (AvgIpc) is 2.55. The highest BCUT2D eigenvalue weighted by atomic mass is 16.6. The lowest BCUT2D eigenvalue weighted by molar-refractivity contribution is -0.874. The monoisotopic (exact) mass is 318 g/mol. The van der Waals surface area contributed by atoms with E-state index >= 15 is 0 Å². The van der Waals surface area contributed by atoms with Gasteiger partial charge >= 0.3 is 0 Å². The van der Waals surface area contributed by atoms with Crippen LogP contribution in [0, 0.1) is 5.92 Å². The van der Waals surface area contributed by atoms with Gasteiger partial charge in [0.05, 0.1) is 34.4 Å².